The molecular formula is C61H108O6. The van der Waals surface area contributed by atoms with Crippen LogP contribution in [0.15, 0.2) is 60.8 Å². The lowest BCUT2D eigenvalue weighted by Crippen LogP contribution is -2.30. The fraction of sp³-hybridized carbons (Fsp3) is 0.787. The maximum absolute atomic E-state index is 12.7. The molecule has 0 aromatic carbocycles. The minimum atomic E-state index is -0.782. The molecule has 0 rings (SSSR count). The Morgan fingerprint density at radius 3 is 0.925 bits per heavy atom. The van der Waals surface area contributed by atoms with Gasteiger partial charge < -0.3 is 14.2 Å². The molecule has 0 bridgehead atoms. The highest BCUT2D eigenvalue weighted by atomic mass is 16.6. The first-order valence-corrected chi connectivity index (χ1v) is 28.8. The highest BCUT2D eigenvalue weighted by molar-refractivity contribution is 5.71. The second-order valence-corrected chi connectivity index (χ2v) is 19.2. The van der Waals surface area contributed by atoms with Crippen LogP contribution < -0.4 is 0 Å². The SMILES string of the molecule is CC/C=C\C/C=C\C/C=C\C/C=C\CCCCCCC(=O)OC(COC(=O)CCCCCCC)COC(=O)CCCCCCCCCCCCCCCCC/C=C\CCCCCCCCCC. The Morgan fingerprint density at radius 1 is 0.313 bits per heavy atom. The third-order valence-electron chi connectivity index (χ3n) is 12.5. The average molecular weight is 938 g/mol. The van der Waals surface area contributed by atoms with Gasteiger partial charge in [0.1, 0.15) is 13.2 Å². The Labute approximate surface area is 415 Å². The Balaban J connectivity index is 4.04. The zero-order chi connectivity index (χ0) is 48.6. The monoisotopic (exact) mass is 937 g/mol. The van der Waals surface area contributed by atoms with E-state index in [9.17, 15) is 14.4 Å². The molecular weight excluding hydrogens is 829 g/mol. The number of esters is 3. The largest absolute Gasteiger partial charge is 0.462 e. The summed E-state index contributed by atoms with van der Waals surface area (Å²) in [5, 5.41) is 0. The summed E-state index contributed by atoms with van der Waals surface area (Å²) in [7, 11) is 0. The highest BCUT2D eigenvalue weighted by Gasteiger charge is 2.19. The van der Waals surface area contributed by atoms with Gasteiger partial charge in [0.15, 0.2) is 6.10 Å². The summed E-state index contributed by atoms with van der Waals surface area (Å²) in [6, 6.07) is 0. The van der Waals surface area contributed by atoms with Crippen LogP contribution in [0.3, 0.4) is 0 Å². The third kappa shape index (κ3) is 53.9. The van der Waals surface area contributed by atoms with E-state index in [0.717, 1.165) is 103 Å². The molecule has 0 saturated heterocycles. The molecule has 0 aliphatic rings. The maximum atomic E-state index is 12.7. The second kappa shape index (κ2) is 55.7. The number of unbranched alkanes of at least 4 members (excludes halogenated alkanes) is 31. The first-order chi connectivity index (χ1) is 33.0. The van der Waals surface area contributed by atoms with Crippen LogP contribution in [0.2, 0.25) is 0 Å². The maximum Gasteiger partial charge on any atom is 0.306 e. The molecule has 67 heavy (non-hydrogen) atoms. The van der Waals surface area contributed by atoms with Gasteiger partial charge in [-0.1, -0.05) is 248 Å². The van der Waals surface area contributed by atoms with E-state index >= 15 is 0 Å². The predicted octanol–water partition coefficient (Wildman–Crippen LogP) is 19.2. The molecule has 0 saturated carbocycles. The van der Waals surface area contributed by atoms with Gasteiger partial charge in [0.05, 0.1) is 0 Å². The van der Waals surface area contributed by atoms with Gasteiger partial charge in [-0.3, -0.25) is 14.4 Å². The van der Waals surface area contributed by atoms with E-state index in [4.69, 9.17) is 14.2 Å². The van der Waals surface area contributed by atoms with Crippen molar-refractivity contribution in [3.8, 4) is 0 Å². The normalized spacial score (nSPS) is 12.5. The summed E-state index contributed by atoms with van der Waals surface area (Å²) >= 11 is 0. The van der Waals surface area contributed by atoms with Crippen LogP contribution in [-0.2, 0) is 28.6 Å². The van der Waals surface area contributed by atoms with Crippen LogP contribution in [0.5, 0.6) is 0 Å². The number of allylic oxidation sites excluding steroid dienone is 10. The first-order valence-electron chi connectivity index (χ1n) is 28.8. The van der Waals surface area contributed by atoms with Gasteiger partial charge in [-0.25, -0.2) is 0 Å². The van der Waals surface area contributed by atoms with E-state index < -0.39 is 6.10 Å². The number of ether oxygens (including phenoxy) is 3. The molecule has 0 aromatic heterocycles. The fourth-order valence-electron chi connectivity index (χ4n) is 8.19. The third-order valence-corrected chi connectivity index (χ3v) is 12.5. The molecule has 0 amide bonds. The van der Waals surface area contributed by atoms with Crippen molar-refractivity contribution in [1.29, 1.82) is 0 Å². The molecule has 1 unspecified atom stereocenters. The van der Waals surface area contributed by atoms with E-state index in [0.29, 0.717) is 19.3 Å². The summed E-state index contributed by atoms with van der Waals surface area (Å²) in [5.41, 5.74) is 0. The molecule has 6 heteroatoms. The molecule has 6 nitrogen and oxygen atoms in total. The lowest BCUT2D eigenvalue weighted by atomic mass is 10.0. The number of hydrogen-bond acceptors (Lipinski definition) is 6. The molecule has 0 fully saturated rings. The van der Waals surface area contributed by atoms with Crippen LogP contribution in [0.25, 0.3) is 0 Å². The zero-order valence-electron chi connectivity index (χ0n) is 44.4. The summed E-state index contributed by atoms with van der Waals surface area (Å²) in [6.45, 7) is 6.44. The van der Waals surface area contributed by atoms with Crippen LogP contribution in [0.4, 0.5) is 0 Å². The fourth-order valence-corrected chi connectivity index (χ4v) is 8.19. The van der Waals surface area contributed by atoms with Crippen molar-refractivity contribution in [3.63, 3.8) is 0 Å². The summed E-state index contributed by atoms with van der Waals surface area (Å²) in [4.78, 5) is 37.8. The van der Waals surface area contributed by atoms with Crippen molar-refractivity contribution >= 4 is 17.9 Å². The Bertz CT molecular complexity index is 1210. The van der Waals surface area contributed by atoms with E-state index in [1.807, 2.05) is 0 Å². The second-order valence-electron chi connectivity index (χ2n) is 19.2. The molecule has 388 valence electrons. The summed E-state index contributed by atoms with van der Waals surface area (Å²) in [5.74, 6) is -0.913. The quantitative estimate of drug-likeness (QED) is 0.0262. The van der Waals surface area contributed by atoms with Crippen molar-refractivity contribution in [2.75, 3.05) is 13.2 Å². The van der Waals surface area contributed by atoms with Crippen LogP contribution in [0.1, 0.15) is 290 Å². The summed E-state index contributed by atoms with van der Waals surface area (Å²) < 4.78 is 16.7. The molecule has 0 radical (unpaired) electrons. The summed E-state index contributed by atoms with van der Waals surface area (Å²) in [6.07, 6.45) is 69.9. The van der Waals surface area contributed by atoms with Gasteiger partial charge >= 0.3 is 17.9 Å². The molecule has 1 atom stereocenters. The lowest BCUT2D eigenvalue weighted by Gasteiger charge is -2.18. The van der Waals surface area contributed by atoms with E-state index in [1.165, 1.54) is 148 Å². The lowest BCUT2D eigenvalue weighted by molar-refractivity contribution is -0.167. The van der Waals surface area contributed by atoms with Crippen molar-refractivity contribution in [2.45, 2.75) is 297 Å². The molecule has 0 spiro atoms. The molecule has 0 aliphatic heterocycles. The molecule has 0 aliphatic carbocycles. The molecule has 0 heterocycles. The van der Waals surface area contributed by atoms with Gasteiger partial charge in [0, 0.05) is 19.3 Å². The zero-order valence-corrected chi connectivity index (χ0v) is 44.4. The van der Waals surface area contributed by atoms with Crippen LogP contribution in [-0.4, -0.2) is 37.2 Å². The molecule has 0 N–H and O–H groups in total. The van der Waals surface area contributed by atoms with E-state index in [-0.39, 0.29) is 31.1 Å². The van der Waals surface area contributed by atoms with Gasteiger partial charge in [-0.2, -0.15) is 0 Å². The Kier molecular flexibility index (Phi) is 53.3. The van der Waals surface area contributed by atoms with Crippen molar-refractivity contribution < 1.29 is 28.6 Å². The molecule has 0 aromatic rings. The minimum Gasteiger partial charge on any atom is -0.462 e. The Hall–Kier alpha value is -2.89. The van der Waals surface area contributed by atoms with Crippen molar-refractivity contribution in [1.82, 2.24) is 0 Å². The average Bonchev–Trinajstić information content (AvgIpc) is 3.33. The smallest absolute Gasteiger partial charge is 0.306 e. The standard InChI is InChI=1S/C61H108O6/c1-4-7-10-13-15-17-19-21-23-25-26-27-28-29-30-31-32-33-34-36-37-39-41-43-45-48-51-54-60(63)66-57-58(56-65-59(62)53-50-47-12-9-6-3)67-61(64)55-52-49-46-44-42-40-38-35-24-22-20-18-16-14-11-8-5-2/h8,11,16,18,22,24-26,38,40,58H,4-7,9-10,12-15,17,19-21,23,27-37,39,41-57H2,1-3H3/b11-8-,18-16-,24-22-,26-25-,40-38-. The van der Waals surface area contributed by atoms with Crippen molar-refractivity contribution in [3.05, 3.63) is 60.8 Å². The van der Waals surface area contributed by atoms with Crippen LogP contribution >= 0.6 is 0 Å². The van der Waals surface area contributed by atoms with Gasteiger partial charge in [-0.05, 0) is 83.5 Å². The first kappa shape index (κ1) is 64.1. The number of carbonyl (C=O) groups is 3. The number of carbonyl (C=O) groups excluding carboxylic acids is 3. The van der Waals surface area contributed by atoms with Crippen molar-refractivity contribution in [2.24, 2.45) is 0 Å². The highest BCUT2D eigenvalue weighted by Crippen LogP contribution is 2.16. The number of hydrogen-bond donors (Lipinski definition) is 0. The van der Waals surface area contributed by atoms with E-state index in [2.05, 4.69) is 81.5 Å². The number of rotatable bonds is 52. The Morgan fingerprint density at radius 2 is 0.582 bits per heavy atom. The topological polar surface area (TPSA) is 78.9 Å². The predicted molar refractivity (Wildman–Crippen MR) is 288 cm³/mol. The van der Waals surface area contributed by atoms with Gasteiger partial charge in [-0.15, -0.1) is 0 Å². The van der Waals surface area contributed by atoms with E-state index in [1.54, 1.807) is 0 Å². The van der Waals surface area contributed by atoms with Crippen LogP contribution in [0, 0.1) is 0 Å². The van der Waals surface area contributed by atoms with Gasteiger partial charge in [0.25, 0.3) is 0 Å². The van der Waals surface area contributed by atoms with Gasteiger partial charge in [0.2, 0.25) is 0 Å². The minimum absolute atomic E-state index is 0.0828.